The van der Waals surface area contributed by atoms with E-state index in [0.29, 0.717) is 17.0 Å². The Morgan fingerprint density at radius 1 is 1.23 bits per heavy atom. The highest BCUT2D eigenvalue weighted by Gasteiger charge is 2.17. The Hall–Kier alpha value is -2.60. The predicted molar refractivity (Wildman–Crippen MR) is 86.3 cm³/mol. The third-order valence-corrected chi connectivity index (χ3v) is 3.84. The van der Waals surface area contributed by atoms with E-state index in [9.17, 15) is 4.79 Å². The lowest BCUT2D eigenvalue weighted by molar-refractivity contribution is 0.104. The van der Waals surface area contributed by atoms with Crippen LogP contribution in [0.15, 0.2) is 41.8 Å². The van der Waals surface area contributed by atoms with Gasteiger partial charge in [-0.15, -0.1) is 5.10 Å². The summed E-state index contributed by atoms with van der Waals surface area (Å²) in [5, 5.41) is 10.2. The molecule has 0 amide bonds. The summed E-state index contributed by atoms with van der Waals surface area (Å²) in [6.45, 7) is 3.75. The molecule has 0 saturated carbocycles. The fourth-order valence-corrected chi connectivity index (χ4v) is 2.73. The van der Waals surface area contributed by atoms with Crippen LogP contribution in [0.5, 0.6) is 0 Å². The summed E-state index contributed by atoms with van der Waals surface area (Å²) in [5.74, 6) is -0.0785. The number of aromatic nitrogens is 4. The van der Waals surface area contributed by atoms with E-state index in [0.717, 1.165) is 11.4 Å². The maximum atomic E-state index is 12.4. The number of ketones is 1. The Balaban J connectivity index is 1.95. The molecule has 1 aromatic carbocycles. The molecule has 3 rings (SSSR count). The van der Waals surface area contributed by atoms with Crippen molar-refractivity contribution in [2.45, 2.75) is 13.8 Å². The molecule has 22 heavy (non-hydrogen) atoms. The van der Waals surface area contributed by atoms with Gasteiger partial charge in [0.1, 0.15) is 0 Å². The van der Waals surface area contributed by atoms with E-state index in [1.165, 1.54) is 17.6 Å². The second-order valence-electron chi connectivity index (χ2n) is 4.82. The number of benzene rings is 1. The summed E-state index contributed by atoms with van der Waals surface area (Å²) in [7, 11) is 0. The Bertz CT molecular complexity index is 819. The first-order valence-electron chi connectivity index (χ1n) is 6.78. The average molecular weight is 310 g/mol. The van der Waals surface area contributed by atoms with Gasteiger partial charge >= 0.3 is 0 Å². The van der Waals surface area contributed by atoms with Crippen LogP contribution in [0, 0.1) is 13.8 Å². The molecule has 0 saturated heterocycles. The van der Waals surface area contributed by atoms with E-state index in [1.54, 1.807) is 16.1 Å². The molecule has 2 aromatic heterocycles. The van der Waals surface area contributed by atoms with Gasteiger partial charge in [0.2, 0.25) is 0 Å². The van der Waals surface area contributed by atoms with Gasteiger partial charge in [-0.3, -0.25) is 4.79 Å². The van der Waals surface area contributed by atoms with Gasteiger partial charge in [0.25, 0.3) is 0 Å². The lowest BCUT2D eigenvalue weighted by Gasteiger charge is -2.03. The summed E-state index contributed by atoms with van der Waals surface area (Å²) in [6, 6.07) is 9.77. The fraction of sp³-hybridized carbons (Fsp3) is 0.125. The highest BCUT2D eigenvalue weighted by Crippen LogP contribution is 2.19. The van der Waals surface area contributed by atoms with Gasteiger partial charge in [-0.2, -0.15) is 5.10 Å². The molecule has 0 radical (unpaired) electrons. The van der Waals surface area contributed by atoms with Crippen LogP contribution >= 0.6 is 11.5 Å². The zero-order valence-corrected chi connectivity index (χ0v) is 13.0. The van der Waals surface area contributed by atoms with Crippen LogP contribution in [-0.4, -0.2) is 25.2 Å². The fourth-order valence-electron chi connectivity index (χ4n) is 2.31. The lowest BCUT2D eigenvalue weighted by atomic mass is 10.1. The molecule has 0 aliphatic rings. The van der Waals surface area contributed by atoms with Crippen LogP contribution in [0.25, 0.3) is 11.8 Å². The molecule has 110 valence electrons. The van der Waals surface area contributed by atoms with Crippen molar-refractivity contribution in [1.29, 1.82) is 0 Å². The molecule has 0 fully saturated rings. The van der Waals surface area contributed by atoms with Crippen molar-refractivity contribution >= 4 is 23.4 Å². The SMILES string of the molecule is Cc1nn(-c2ccccc2)c(C)c1C(=O)/C=C/c1csnn1. The van der Waals surface area contributed by atoms with Crippen molar-refractivity contribution in [2.75, 3.05) is 0 Å². The zero-order chi connectivity index (χ0) is 15.5. The molecule has 0 unspecified atom stereocenters. The van der Waals surface area contributed by atoms with Crippen LogP contribution in [-0.2, 0) is 0 Å². The minimum Gasteiger partial charge on any atom is -0.289 e. The molecule has 0 aliphatic heterocycles. The molecule has 3 aromatic rings. The second-order valence-corrected chi connectivity index (χ2v) is 5.43. The molecule has 0 N–H and O–H groups in total. The third kappa shape index (κ3) is 2.73. The average Bonchev–Trinajstić information content (AvgIpc) is 3.14. The minimum absolute atomic E-state index is 0.0785. The molecule has 0 aliphatic carbocycles. The van der Waals surface area contributed by atoms with E-state index in [1.807, 2.05) is 44.2 Å². The Labute approximate surface area is 132 Å². The highest BCUT2D eigenvalue weighted by molar-refractivity contribution is 7.03. The standard InChI is InChI=1S/C16H14N4OS/c1-11-16(15(21)9-8-13-10-22-19-17-13)12(2)20(18-11)14-6-4-3-5-7-14/h3-10H,1-2H3/b9-8+. The van der Waals surface area contributed by atoms with Gasteiger partial charge in [0, 0.05) is 5.38 Å². The number of carbonyl (C=O) groups excluding carboxylic acids is 1. The summed E-state index contributed by atoms with van der Waals surface area (Å²) >= 11 is 1.25. The molecule has 0 bridgehead atoms. The van der Waals surface area contributed by atoms with Gasteiger partial charge in [-0.05, 0) is 49.7 Å². The van der Waals surface area contributed by atoms with E-state index < -0.39 is 0 Å². The number of carbonyl (C=O) groups is 1. The normalized spacial score (nSPS) is 11.2. The minimum atomic E-state index is -0.0785. The quantitative estimate of drug-likeness (QED) is 0.548. The maximum Gasteiger partial charge on any atom is 0.189 e. The Morgan fingerprint density at radius 3 is 2.68 bits per heavy atom. The topological polar surface area (TPSA) is 60.7 Å². The summed E-state index contributed by atoms with van der Waals surface area (Å²) in [6.07, 6.45) is 3.19. The highest BCUT2D eigenvalue weighted by atomic mass is 32.1. The van der Waals surface area contributed by atoms with Gasteiger partial charge in [-0.1, -0.05) is 22.7 Å². The van der Waals surface area contributed by atoms with Crippen molar-refractivity contribution in [3.8, 4) is 5.69 Å². The molecular formula is C16H14N4OS. The second kappa shape index (κ2) is 6.03. The Kier molecular flexibility index (Phi) is 3.93. The molecule has 0 spiro atoms. The van der Waals surface area contributed by atoms with Crippen molar-refractivity contribution in [3.63, 3.8) is 0 Å². The molecule has 5 nitrogen and oxygen atoms in total. The summed E-state index contributed by atoms with van der Waals surface area (Å²) < 4.78 is 5.56. The first kappa shape index (κ1) is 14.3. The van der Waals surface area contributed by atoms with Gasteiger partial charge in [-0.25, -0.2) is 4.68 Å². The maximum absolute atomic E-state index is 12.4. The van der Waals surface area contributed by atoms with Gasteiger partial charge in [0.15, 0.2) is 5.78 Å². The van der Waals surface area contributed by atoms with Gasteiger partial charge < -0.3 is 0 Å². The first-order chi connectivity index (χ1) is 10.7. The van der Waals surface area contributed by atoms with Crippen LogP contribution in [0.2, 0.25) is 0 Å². The molecule has 2 heterocycles. The van der Waals surface area contributed by atoms with E-state index in [4.69, 9.17) is 0 Å². The summed E-state index contributed by atoms with van der Waals surface area (Å²) in [4.78, 5) is 12.4. The number of nitrogens with zero attached hydrogens (tertiary/aromatic N) is 4. The zero-order valence-electron chi connectivity index (χ0n) is 12.2. The van der Waals surface area contributed by atoms with E-state index in [-0.39, 0.29) is 5.78 Å². The largest absolute Gasteiger partial charge is 0.289 e. The number of aryl methyl sites for hydroxylation is 1. The van der Waals surface area contributed by atoms with Crippen molar-refractivity contribution < 1.29 is 4.79 Å². The molecule has 0 atom stereocenters. The third-order valence-electron chi connectivity index (χ3n) is 3.32. The van der Waals surface area contributed by atoms with Crippen LogP contribution in [0.3, 0.4) is 0 Å². The lowest BCUT2D eigenvalue weighted by Crippen LogP contribution is -2.01. The van der Waals surface area contributed by atoms with Crippen LogP contribution in [0.1, 0.15) is 27.4 Å². The smallest absolute Gasteiger partial charge is 0.189 e. The first-order valence-corrected chi connectivity index (χ1v) is 7.61. The van der Waals surface area contributed by atoms with Crippen molar-refractivity contribution in [3.05, 3.63) is 64.4 Å². The summed E-state index contributed by atoms with van der Waals surface area (Å²) in [5.41, 5.74) is 3.80. The Morgan fingerprint density at radius 2 is 2.00 bits per heavy atom. The van der Waals surface area contributed by atoms with E-state index in [2.05, 4.69) is 14.7 Å². The van der Waals surface area contributed by atoms with Crippen LogP contribution in [0.4, 0.5) is 0 Å². The monoisotopic (exact) mass is 310 g/mol. The number of para-hydroxylation sites is 1. The van der Waals surface area contributed by atoms with Gasteiger partial charge in [0.05, 0.1) is 28.3 Å². The van der Waals surface area contributed by atoms with Crippen molar-refractivity contribution in [2.24, 2.45) is 0 Å². The number of hydrogen-bond donors (Lipinski definition) is 0. The predicted octanol–water partition coefficient (Wildman–Crippen LogP) is 3.24. The van der Waals surface area contributed by atoms with E-state index >= 15 is 0 Å². The van der Waals surface area contributed by atoms with Crippen LogP contribution < -0.4 is 0 Å². The molecule has 6 heteroatoms. The number of rotatable bonds is 4. The van der Waals surface area contributed by atoms with Crippen molar-refractivity contribution in [1.82, 2.24) is 19.4 Å². The molecular weight excluding hydrogens is 296 g/mol. The number of hydrogen-bond acceptors (Lipinski definition) is 5. The number of allylic oxidation sites excluding steroid dienone is 1.